The zero-order chi connectivity index (χ0) is 18.0. The van der Waals surface area contributed by atoms with E-state index in [0.29, 0.717) is 31.2 Å². The number of aliphatic imine (C=N–C) groups is 1. The number of nitrogens with zero attached hydrogens (tertiary/aromatic N) is 2. The number of nitrogens with one attached hydrogen (secondary N) is 1. The third kappa shape index (κ3) is 4.27. The summed E-state index contributed by atoms with van der Waals surface area (Å²) < 4.78 is 38.1. The van der Waals surface area contributed by atoms with Gasteiger partial charge < -0.3 is 10.2 Å². The summed E-state index contributed by atoms with van der Waals surface area (Å²) >= 11 is 3.33. The predicted octanol–water partition coefficient (Wildman–Crippen LogP) is 2.56. The fourth-order valence-electron chi connectivity index (χ4n) is 2.57. The van der Waals surface area contributed by atoms with E-state index in [2.05, 4.69) is 26.2 Å². The van der Waals surface area contributed by atoms with E-state index in [1.807, 2.05) is 11.8 Å². The third-order valence-electron chi connectivity index (χ3n) is 4.08. The maximum atomic E-state index is 13.9. The van der Waals surface area contributed by atoms with E-state index >= 15 is 0 Å². The van der Waals surface area contributed by atoms with Crippen LogP contribution in [0.25, 0.3) is 0 Å². The van der Waals surface area contributed by atoms with Crippen LogP contribution in [-0.4, -0.2) is 49.4 Å². The second kappa shape index (κ2) is 7.39. The monoisotopic (exact) mass is 419 g/mol. The summed E-state index contributed by atoms with van der Waals surface area (Å²) in [6.07, 6.45) is 0. The Hall–Kier alpha value is -1.15. The van der Waals surface area contributed by atoms with Crippen LogP contribution < -0.4 is 5.32 Å². The molecule has 2 rings (SSSR count). The van der Waals surface area contributed by atoms with Crippen molar-refractivity contribution in [3.05, 3.63) is 34.1 Å². The van der Waals surface area contributed by atoms with Crippen molar-refractivity contribution in [3.63, 3.8) is 0 Å². The minimum absolute atomic E-state index is 0.0929. The van der Waals surface area contributed by atoms with E-state index in [0.717, 1.165) is 4.47 Å². The minimum atomic E-state index is -3.11. The summed E-state index contributed by atoms with van der Waals surface area (Å²) in [5, 5.41) is 3.17. The van der Waals surface area contributed by atoms with E-state index in [9.17, 15) is 12.8 Å². The molecule has 1 saturated heterocycles. The molecular formula is C16H23BrFN3O2S. The number of halogens is 2. The fraction of sp³-hybridized carbons (Fsp3) is 0.562. The SMILES string of the molecule is CCNC(=NCc1cc(Br)ccc1F)N1CCS(=O)(=O)C(C)(C)C1. The van der Waals surface area contributed by atoms with Crippen molar-refractivity contribution in [1.29, 1.82) is 0 Å². The largest absolute Gasteiger partial charge is 0.357 e. The van der Waals surface area contributed by atoms with Gasteiger partial charge in [-0.05, 0) is 39.0 Å². The number of benzene rings is 1. The molecule has 1 aliphatic heterocycles. The van der Waals surface area contributed by atoms with Gasteiger partial charge in [-0.2, -0.15) is 0 Å². The lowest BCUT2D eigenvalue weighted by molar-refractivity contribution is 0.353. The fourth-order valence-corrected chi connectivity index (χ4v) is 4.35. The van der Waals surface area contributed by atoms with Crippen molar-refractivity contribution in [1.82, 2.24) is 10.2 Å². The van der Waals surface area contributed by atoms with Crippen LogP contribution in [0.4, 0.5) is 4.39 Å². The molecule has 0 radical (unpaired) electrons. The molecule has 1 aromatic rings. The summed E-state index contributed by atoms with van der Waals surface area (Å²) in [5.74, 6) is 0.398. The Balaban J connectivity index is 2.21. The van der Waals surface area contributed by atoms with Crippen LogP contribution >= 0.6 is 15.9 Å². The lowest BCUT2D eigenvalue weighted by atomic mass is 10.2. The molecular weight excluding hydrogens is 397 g/mol. The lowest BCUT2D eigenvalue weighted by Gasteiger charge is -2.39. The van der Waals surface area contributed by atoms with Gasteiger partial charge in [0.05, 0.1) is 17.0 Å². The Kier molecular flexibility index (Phi) is 5.91. The molecule has 0 bridgehead atoms. The molecule has 1 heterocycles. The van der Waals surface area contributed by atoms with Gasteiger partial charge in [0.15, 0.2) is 15.8 Å². The van der Waals surface area contributed by atoms with Gasteiger partial charge in [0, 0.05) is 29.7 Å². The van der Waals surface area contributed by atoms with Crippen LogP contribution in [0.5, 0.6) is 0 Å². The molecule has 0 aliphatic carbocycles. The van der Waals surface area contributed by atoms with E-state index in [1.165, 1.54) is 6.07 Å². The smallest absolute Gasteiger partial charge is 0.194 e. The van der Waals surface area contributed by atoms with E-state index in [-0.39, 0.29) is 18.1 Å². The Morgan fingerprint density at radius 3 is 2.79 bits per heavy atom. The van der Waals surface area contributed by atoms with Crippen LogP contribution in [0.3, 0.4) is 0 Å². The lowest BCUT2D eigenvalue weighted by Crippen LogP contribution is -2.57. The van der Waals surface area contributed by atoms with Gasteiger partial charge in [-0.15, -0.1) is 0 Å². The summed E-state index contributed by atoms with van der Waals surface area (Å²) in [4.78, 5) is 6.43. The normalized spacial score (nSPS) is 20.0. The highest BCUT2D eigenvalue weighted by atomic mass is 79.9. The molecule has 1 aliphatic rings. The van der Waals surface area contributed by atoms with Gasteiger partial charge >= 0.3 is 0 Å². The van der Waals surface area contributed by atoms with Crippen molar-refractivity contribution in [2.75, 3.05) is 25.4 Å². The van der Waals surface area contributed by atoms with Gasteiger partial charge in [0.2, 0.25) is 0 Å². The molecule has 134 valence electrons. The van der Waals surface area contributed by atoms with Gasteiger partial charge in [-0.25, -0.2) is 17.8 Å². The Bertz CT molecular complexity index is 735. The summed E-state index contributed by atoms with van der Waals surface area (Å²) in [7, 11) is -3.11. The van der Waals surface area contributed by atoms with E-state index < -0.39 is 14.6 Å². The number of hydrogen-bond acceptors (Lipinski definition) is 3. The highest BCUT2D eigenvalue weighted by molar-refractivity contribution is 9.10. The van der Waals surface area contributed by atoms with Crippen LogP contribution in [0.15, 0.2) is 27.7 Å². The average molecular weight is 420 g/mol. The van der Waals surface area contributed by atoms with Gasteiger partial charge in [0.1, 0.15) is 5.82 Å². The summed E-state index contributed by atoms with van der Waals surface area (Å²) in [5.41, 5.74) is 0.490. The third-order valence-corrected chi connectivity index (χ3v) is 7.11. The topological polar surface area (TPSA) is 61.8 Å². The molecule has 1 N–H and O–H groups in total. The molecule has 0 aromatic heterocycles. The zero-order valence-corrected chi connectivity index (χ0v) is 16.5. The first-order valence-corrected chi connectivity index (χ1v) is 10.3. The molecule has 0 spiro atoms. The first kappa shape index (κ1) is 19.2. The van der Waals surface area contributed by atoms with Crippen molar-refractivity contribution in [2.45, 2.75) is 32.1 Å². The van der Waals surface area contributed by atoms with Crippen molar-refractivity contribution < 1.29 is 12.8 Å². The molecule has 5 nitrogen and oxygen atoms in total. The molecule has 0 saturated carbocycles. The molecule has 0 atom stereocenters. The van der Waals surface area contributed by atoms with Crippen molar-refractivity contribution >= 4 is 31.7 Å². The van der Waals surface area contributed by atoms with Gasteiger partial charge in [-0.1, -0.05) is 15.9 Å². The number of rotatable bonds is 3. The minimum Gasteiger partial charge on any atom is -0.357 e. The summed E-state index contributed by atoms with van der Waals surface area (Å²) in [6.45, 7) is 7.00. The highest BCUT2D eigenvalue weighted by Gasteiger charge is 2.40. The zero-order valence-electron chi connectivity index (χ0n) is 14.1. The Morgan fingerprint density at radius 2 is 2.17 bits per heavy atom. The van der Waals surface area contributed by atoms with Crippen LogP contribution in [0.2, 0.25) is 0 Å². The second-order valence-corrected chi connectivity index (χ2v) is 10.1. The molecule has 8 heteroatoms. The number of guanidine groups is 1. The summed E-state index contributed by atoms with van der Waals surface area (Å²) in [6, 6.07) is 4.75. The van der Waals surface area contributed by atoms with Crippen molar-refractivity contribution in [2.24, 2.45) is 4.99 Å². The predicted molar refractivity (Wildman–Crippen MR) is 98.4 cm³/mol. The maximum Gasteiger partial charge on any atom is 0.194 e. The first-order valence-electron chi connectivity index (χ1n) is 7.86. The second-order valence-electron chi connectivity index (χ2n) is 6.41. The quantitative estimate of drug-likeness (QED) is 0.603. The number of hydrogen-bond donors (Lipinski definition) is 1. The van der Waals surface area contributed by atoms with Crippen molar-refractivity contribution in [3.8, 4) is 0 Å². The van der Waals surface area contributed by atoms with Gasteiger partial charge in [0.25, 0.3) is 0 Å². The molecule has 1 fully saturated rings. The van der Waals surface area contributed by atoms with Crippen LogP contribution in [0.1, 0.15) is 26.3 Å². The molecule has 1 aromatic carbocycles. The molecule has 0 amide bonds. The Labute approximate surface area is 151 Å². The highest BCUT2D eigenvalue weighted by Crippen LogP contribution is 2.24. The first-order chi connectivity index (χ1) is 11.2. The Morgan fingerprint density at radius 1 is 1.46 bits per heavy atom. The van der Waals surface area contributed by atoms with Crippen LogP contribution in [0, 0.1) is 5.82 Å². The van der Waals surface area contributed by atoms with E-state index in [4.69, 9.17) is 0 Å². The number of sulfone groups is 1. The van der Waals surface area contributed by atoms with Gasteiger partial charge in [-0.3, -0.25) is 0 Å². The standard InChI is InChI=1S/C16H23BrFN3O2S/c1-4-19-15(20-10-12-9-13(17)5-6-14(12)18)21-7-8-24(22,23)16(2,3)11-21/h5-6,9H,4,7-8,10-11H2,1-3H3,(H,19,20). The molecule has 0 unspecified atom stereocenters. The van der Waals surface area contributed by atoms with E-state index in [1.54, 1.807) is 26.0 Å². The van der Waals surface area contributed by atoms with Crippen LogP contribution in [-0.2, 0) is 16.4 Å². The maximum absolute atomic E-state index is 13.9. The molecule has 24 heavy (non-hydrogen) atoms. The average Bonchev–Trinajstić information content (AvgIpc) is 2.49.